The number of hydrogen-bond acceptors (Lipinski definition) is 3. The van der Waals surface area contributed by atoms with Gasteiger partial charge in [0.2, 0.25) is 0 Å². The Bertz CT molecular complexity index is 437. The van der Waals surface area contributed by atoms with Crippen molar-refractivity contribution in [1.29, 1.82) is 0 Å². The predicted molar refractivity (Wildman–Crippen MR) is 84.5 cm³/mol. The first-order valence-corrected chi connectivity index (χ1v) is 7.71. The molecule has 0 unspecified atom stereocenters. The highest BCUT2D eigenvalue weighted by Crippen LogP contribution is 2.19. The monoisotopic (exact) mass is 297 g/mol. The number of aromatic nitrogens is 1. The Balaban J connectivity index is 2.89. The molecule has 1 rings (SSSR count). The van der Waals surface area contributed by atoms with Crippen LogP contribution in [0.3, 0.4) is 0 Å². The van der Waals surface area contributed by atoms with Crippen LogP contribution in [0.1, 0.15) is 50.5 Å². The smallest absolute Gasteiger partial charge is 0.274 e. The van der Waals surface area contributed by atoms with Crippen LogP contribution in [0.25, 0.3) is 0 Å². The molecule has 0 aliphatic rings. The van der Waals surface area contributed by atoms with Crippen molar-refractivity contribution in [2.75, 3.05) is 25.0 Å². The number of carbonyl (C=O) groups excluding carboxylic acids is 1. The first kappa shape index (κ1) is 16.8. The van der Waals surface area contributed by atoms with E-state index in [1.807, 2.05) is 6.92 Å². The number of pyridine rings is 1. The van der Waals surface area contributed by atoms with Crippen LogP contribution < -0.4 is 5.32 Å². The van der Waals surface area contributed by atoms with Gasteiger partial charge in [-0.05, 0) is 31.9 Å². The molecule has 1 heterocycles. The minimum absolute atomic E-state index is 0.0916. The van der Waals surface area contributed by atoms with Crippen molar-refractivity contribution in [3.8, 4) is 0 Å². The first-order chi connectivity index (χ1) is 9.63. The van der Waals surface area contributed by atoms with Crippen molar-refractivity contribution >= 4 is 23.3 Å². The molecule has 4 nitrogen and oxygen atoms in total. The van der Waals surface area contributed by atoms with E-state index >= 15 is 0 Å². The molecule has 0 radical (unpaired) electrons. The maximum atomic E-state index is 12.5. The third-order valence-electron chi connectivity index (χ3n) is 3.06. The summed E-state index contributed by atoms with van der Waals surface area (Å²) in [5.74, 6) is 0.609. The Morgan fingerprint density at radius 1 is 1.30 bits per heavy atom. The number of hydrogen-bond donors (Lipinski definition) is 1. The molecule has 1 N–H and O–H groups in total. The SMILES string of the molecule is CCCCN(CC)C(=O)c1nc(NCCC)ccc1Cl. The van der Waals surface area contributed by atoms with E-state index < -0.39 is 0 Å². The number of carbonyl (C=O) groups is 1. The molecule has 1 aromatic heterocycles. The molecule has 20 heavy (non-hydrogen) atoms. The molecule has 0 saturated heterocycles. The van der Waals surface area contributed by atoms with Crippen LogP contribution in [0.4, 0.5) is 5.82 Å². The lowest BCUT2D eigenvalue weighted by atomic mass is 10.2. The van der Waals surface area contributed by atoms with Gasteiger partial charge >= 0.3 is 0 Å². The fourth-order valence-electron chi connectivity index (χ4n) is 1.85. The summed E-state index contributed by atoms with van der Waals surface area (Å²) < 4.78 is 0. The zero-order chi connectivity index (χ0) is 15.0. The molecule has 0 atom stereocenters. The van der Waals surface area contributed by atoms with Crippen molar-refractivity contribution in [3.63, 3.8) is 0 Å². The molecule has 0 aromatic carbocycles. The molecule has 0 bridgehead atoms. The zero-order valence-corrected chi connectivity index (χ0v) is 13.3. The van der Waals surface area contributed by atoms with Crippen LogP contribution >= 0.6 is 11.6 Å². The van der Waals surface area contributed by atoms with Crippen molar-refractivity contribution in [2.24, 2.45) is 0 Å². The second kappa shape index (κ2) is 8.80. The van der Waals surface area contributed by atoms with E-state index in [0.717, 1.165) is 32.4 Å². The summed E-state index contributed by atoms with van der Waals surface area (Å²) >= 11 is 6.12. The lowest BCUT2D eigenvalue weighted by Gasteiger charge is -2.21. The maximum absolute atomic E-state index is 12.5. The fraction of sp³-hybridized carbons (Fsp3) is 0.600. The topological polar surface area (TPSA) is 45.2 Å². The fourth-order valence-corrected chi connectivity index (χ4v) is 2.03. The van der Waals surface area contributed by atoms with Crippen LogP contribution in [0.2, 0.25) is 5.02 Å². The average molecular weight is 298 g/mol. The second-order valence-electron chi connectivity index (χ2n) is 4.69. The molecule has 112 valence electrons. The molecule has 0 fully saturated rings. The molecule has 5 heteroatoms. The van der Waals surface area contributed by atoms with Gasteiger partial charge in [0.05, 0.1) is 5.02 Å². The lowest BCUT2D eigenvalue weighted by Crippen LogP contribution is -2.32. The van der Waals surface area contributed by atoms with Crippen molar-refractivity contribution < 1.29 is 4.79 Å². The van der Waals surface area contributed by atoms with Gasteiger partial charge in [-0.3, -0.25) is 4.79 Å². The summed E-state index contributed by atoms with van der Waals surface area (Å²) in [6.45, 7) is 8.41. The van der Waals surface area contributed by atoms with Crippen LogP contribution in [0.5, 0.6) is 0 Å². The van der Waals surface area contributed by atoms with Crippen LogP contribution in [-0.4, -0.2) is 35.4 Å². The van der Waals surface area contributed by atoms with Gasteiger partial charge in [0.25, 0.3) is 5.91 Å². The summed E-state index contributed by atoms with van der Waals surface area (Å²) in [5.41, 5.74) is 0.339. The lowest BCUT2D eigenvalue weighted by molar-refractivity contribution is 0.0757. The van der Waals surface area contributed by atoms with Crippen LogP contribution in [0, 0.1) is 0 Å². The summed E-state index contributed by atoms with van der Waals surface area (Å²) in [7, 11) is 0. The first-order valence-electron chi connectivity index (χ1n) is 7.33. The minimum Gasteiger partial charge on any atom is -0.370 e. The average Bonchev–Trinajstić information content (AvgIpc) is 2.47. The summed E-state index contributed by atoms with van der Waals surface area (Å²) in [6.07, 6.45) is 3.05. The third-order valence-corrected chi connectivity index (χ3v) is 3.36. The van der Waals surface area contributed by atoms with Gasteiger partial charge in [0.1, 0.15) is 11.5 Å². The molecule has 1 aromatic rings. The second-order valence-corrected chi connectivity index (χ2v) is 5.10. The van der Waals surface area contributed by atoms with Crippen molar-refractivity contribution in [2.45, 2.75) is 40.0 Å². The van der Waals surface area contributed by atoms with Gasteiger partial charge in [-0.1, -0.05) is 31.9 Å². The van der Waals surface area contributed by atoms with Gasteiger partial charge in [0.15, 0.2) is 0 Å². The molecule has 0 aliphatic carbocycles. The van der Waals surface area contributed by atoms with E-state index in [9.17, 15) is 4.79 Å². The molecular weight excluding hydrogens is 274 g/mol. The largest absolute Gasteiger partial charge is 0.370 e. The molecular formula is C15H24ClN3O. The highest BCUT2D eigenvalue weighted by Gasteiger charge is 2.18. The molecule has 0 aliphatic heterocycles. The Labute approximate surface area is 126 Å². The van der Waals surface area contributed by atoms with Crippen LogP contribution in [-0.2, 0) is 0 Å². The van der Waals surface area contributed by atoms with Gasteiger partial charge in [0, 0.05) is 19.6 Å². The molecule has 0 spiro atoms. The van der Waals surface area contributed by atoms with Gasteiger partial charge < -0.3 is 10.2 Å². The normalized spacial score (nSPS) is 10.4. The summed E-state index contributed by atoms with van der Waals surface area (Å²) in [4.78, 5) is 18.6. The Morgan fingerprint density at radius 3 is 2.65 bits per heavy atom. The van der Waals surface area contributed by atoms with Gasteiger partial charge in [-0.25, -0.2) is 4.98 Å². The zero-order valence-electron chi connectivity index (χ0n) is 12.6. The van der Waals surface area contributed by atoms with Gasteiger partial charge in [-0.15, -0.1) is 0 Å². The predicted octanol–water partition coefficient (Wildman–Crippen LogP) is 3.82. The van der Waals surface area contributed by atoms with E-state index in [4.69, 9.17) is 11.6 Å². The quantitative estimate of drug-likeness (QED) is 0.793. The van der Waals surface area contributed by atoms with Crippen molar-refractivity contribution in [3.05, 3.63) is 22.8 Å². The van der Waals surface area contributed by atoms with Crippen LogP contribution in [0.15, 0.2) is 12.1 Å². The van der Waals surface area contributed by atoms with E-state index in [1.54, 1.807) is 17.0 Å². The van der Waals surface area contributed by atoms with Crippen molar-refractivity contribution in [1.82, 2.24) is 9.88 Å². The third kappa shape index (κ3) is 4.67. The maximum Gasteiger partial charge on any atom is 0.274 e. The Kier molecular flexibility index (Phi) is 7.37. The number of rotatable bonds is 8. The number of halogens is 1. The summed E-state index contributed by atoms with van der Waals surface area (Å²) in [6, 6.07) is 3.53. The number of amides is 1. The minimum atomic E-state index is -0.0916. The van der Waals surface area contributed by atoms with E-state index in [1.165, 1.54) is 0 Å². The van der Waals surface area contributed by atoms with E-state index in [-0.39, 0.29) is 5.91 Å². The number of unbranched alkanes of at least 4 members (excludes halogenated alkanes) is 1. The summed E-state index contributed by atoms with van der Waals surface area (Å²) in [5, 5.41) is 3.59. The number of anilines is 1. The van der Waals surface area contributed by atoms with Gasteiger partial charge in [-0.2, -0.15) is 0 Å². The standard InChI is InChI=1S/C15H24ClN3O/c1-4-7-11-19(6-3)15(20)14-12(16)8-9-13(18-14)17-10-5-2/h8-9H,4-7,10-11H2,1-3H3,(H,17,18). The van der Waals surface area contributed by atoms with E-state index in [2.05, 4.69) is 24.1 Å². The highest BCUT2D eigenvalue weighted by atomic mass is 35.5. The molecule has 0 saturated carbocycles. The number of nitrogens with zero attached hydrogens (tertiary/aromatic N) is 2. The Morgan fingerprint density at radius 2 is 2.05 bits per heavy atom. The Hall–Kier alpha value is -1.29. The highest BCUT2D eigenvalue weighted by molar-refractivity contribution is 6.33. The van der Waals surface area contributed by atoms with E-state index in [0.29, 0.717) is 23.1 Å². The molecule has 1 amide bonds. The number of nitrogens with one attached hydrogen (secondary N) is 1.